The van der Waals surface area contributed by atoms with Crippen LogP contribution in [-0.2, 0) is 6.42 Å². The third kappa shape index (κ3) is 2.21. The fourth-order valence-corrected chi connectivity index (χ4v) is 3.09. The zero-order chi connectivity index (χ0) is 16.7. The summed E-state index contributed by atoms with van der Waals surface area (Å²) in [5.41, 5.74) is 8.64. The van der Waals surface area contributed by atoms with Crippen LogP contribution >= 0.6 is 0 Å². The van der Waals surface area contributed by atoms with Crippen molar-refractivity contribution in [3.63, 3.8) is 0 Å². The van der Waals surface area contributed by atoms with Crippen LogP contribution in [0.3, 0.4) is 0 Å². The number of carbonyl (C=O) groups is 1. The summed E-state index contributed by atoms with van der Waals surface area (Å²) in [5, 5.41) is 0.748. The predicted molar refractivity (Wildman–Crippen MR) is 90.9 cm³/mol. The van der Waals surface area contributed by atoms with Crippen LogP contribution in [0.1, 0.15) is 28.1 Å². The van der Waals surface area contributed by atoms with Gasteiger partial charge in [0.05, 0.1) is 25.0 Å². The molecule has 1 aliphatic heterocycles. The molecule has 1 aromatic heterocycles. The second kappa shape index (κ2) is 5.60. The second-order valence-corrected chi connectivity index (χ2v) is 5.78. The molecule has 4 rings (SSSR count). The Bertz CT molecular complexity index is 942. The topological polar surface area (TPSA) is 74.7 Å². The van der Waals surface area contributed by atoms with Crippen LogP contribution in [0.15, 0.2) is 40.8 Å². The Balaban J connectivity index is 1.85. The lowest BCUT2D eigenvalue weighted by Crippen LogP contribution is -2.07. The number of aryl methyl sites for hydroxylation is 1. The maximum atomic E-state index is 12.9. The number of ether oxygens (including phenoxy) is 2. The summed E-state index contributed by atoms with van der Waals surface area (Å²) < 4.78 is 16.7. The van der Waals surface area contributed by atoms with Crippen molar-refractivity contribution in [3.05, 3.63) is 53.3 Å². The first-order valence-corrected chi connectivity index (χ1v) is 7.84. The minimum absolute atomic E-state index is 0.136. The summed E-state index contributed by atoms with van der Waals surface area (Å²) in [4.78, 5) is 12.9. The Labute approximate surface area is 139 Å². The quantitative estimate of drug-likeness (QED) is 0.746. The van der Waals surface area contributed by atoms with Crippen molar-refractivity contribution in [3.8, 4) is 11.5 Å². The molecule has 0 amide bonds. The van der Waals surface area contributed by atoms with Gasteiger partial charge in [-0.15, -0.1) is 0 Å². The summed E-state index contributed by atoms with van der Waals surface area (Å²) in [6, 6.07) is 10.8. The first-order chi connectivity index (χ1) is 11.7. The summed E-state index contributed by atoms with van der Waals surface area (Å²) in [5.74, 6) is 1.14. The van der Waals surface area contributed by atoms with Gasteiger partial charge in [-0.1, -0.05) is 12.1 Å². The summed E-state index contributed by atoms with van der Waals surface area (Å²) in [6.45, 7) is 0.696. The van der Waals surface area contributed by atoms with E-state index < -0.39 is 0 Å². The maximum Gasteiger partial charge on any atom is 0.234 e. The molecule has 2 aromatic carbocycles. The zero-order valence-corrected chi connectivity index (χ0v) is 13.3. The minimum Gasteiger partial charge on any atom is -0.496 e. The SMILES string of the molecule is COc1ccccc1C(=O)c1oc2cc3c(cc2c1N)CCCO3. The van der Waals surface area contributed by atoms with E-state index in [9.17, 15) is 4.79 Å². The van der Waals surface area contributed by atoms with Gasteiger partial charge in [0.2, 0.25) is 5.78 Å². The number of furan rings is 1. The third-order valence-electron chi connectivity index (χ3n) is 4.32. The van der Waals surface area contributed by atoms with Crippen molar-refractivity contribution >= 4 is 22.4 Å². The molecule has 0 spiro atoms. The number of benzene rings is 2. The van der Waals surface area contributed by atoms with Gasteiger partial charge >= 0.3 is 0 Å². The normalized spacial score (nSPS) is 13.4. The fraction of sp³-hybridized carbons (Fsp3) is 0.211. The molecule has 5 heteroatoms. The number of rotatable bonds is 3. The van der Waals surface area contributed by atoms with Crippen LogP contribution in [0.5, 0.6) is 11.5 Å². The number of para-hydroxylation sites is 1. The highest BCUT2D eigenvalue weighted by atomic mass is 16.5. The van der Waals surface area contributed by atoms with Gasteiger partial charge in [0.1, 0.15) is 17.1 Å². The van der Waals surface area contributed by atoms with Gasteiger partial charge in [-0.2, -0.15) is 0 Å². The lowest BCUT2D eigenvalue weighted by molar-refractivity contribution is 0.101. The Hall–Kier alpha value is -2.95. The van der Waals surface area contributed by atoms with Gasteiger partial charge in [-0.3, -0.25) is 4.79 Å². The van der Waals surface area contributed by atoms with E-state index in [1.807, 2.05) is 18.2 Å². The number of anilines is 1. The van der Waals surface area contributed by atoms with Crippen molar-refractivity contribution in [2.45, 2.75) is 12.8 Å². The van der Waals surface area contributed by atoms with E-state index in [0.717, 1.165) is 29.5 Å². The molecule has 0 atom stereocenters. The van der Waals surface area contributed by atoms with Gasteiger partial charge in [-0.25, -0.2) is 0 Å². The molecule has 0 unspecified atom stereocenters. The molecule has 5 nitrogen and oxygen atoms in total. The first-order valence-electron chi connectivity index (χ1n) is 7.84. The number of carbonyl (C=O) groups excluding carboxylic acids is 1. The number of hydrogen-bond donors (Lipinski definition) is 1. The standard InChI is InChI=1S/C19H17NO4/c1-22-14-7-3-2-6-12(14)18(21)19-17(20)13-9-11-5-4-8-23-15(11)10-16(13)24-19/h2-3,6-7,9-10H,4-5,8,20H2,1H3. The van der Waals surface area contributed by atoms with Crippen LogP contribution in [0.2, 0.25) is 0 Å². The predicted octanol–water partition coefficient (Wildman–Crippen LogP) is 3.58. The third-order valence-corrected chi connectivity index (χ3v) is 4.32. The lowest BCUT2D eigenvalue weighted by atomic mass is 10.0. The van der Waals surface area contributed by atoms with Crippen LogP contribution in [0.4, 0.5) is 5.69 Å². The Kier molecular flexibility index (Phi) is 3.41. The number of ketones is 1. The van der Waals surface area contributed by atoms with Crippen molar-refractivity contribution in [1.82, 2.24) is 0 Å². The molecule has 1 aliphatic rings. The van der Waals surface area contributed by atoms with Gasteiger partial charge in [0.15, 0.2) is 5.76 Å². The first kappa shape index (κ1) is 14.6. The van der Waals surface area contributed by atoms with Gasteiger partial charge in [0.25, 0.3) is 0 Å². The second-order valence-electron chi connectivity index (χ2n) is 5.78. The summed E-state index contributed by atoms with van der Waals surface area (Å²) >= 11 is 0. The molecule has 122 valence electrons. The van der Waals surface area contributed by atoms with Gasteiger partial charge < -0.3 is 19.6 Å². The van der Waals surface area contributed by atoms with Crippen LogP contribution < -0.4 is 15.2 Å². The maximum absolute atomic E-state index is 12.9. The van der Waals surface area contributed by atoms with E-state index >= 15 is 0 Å². The van der Waals surface area contributed by atoms with Crippen molar-refractivity contribution in [2.24, 2.45) is 0 Å². The van der Waals surface area contributed by atoms with Crippen molar-refractivity contribution in [2.75, 3.05) is 19.5 Å². The van der Waals surface area contributed by atoms with Gasteiger partial charge in [-0.05, 0) is 36.6 Å². The molecule has 0 saturated heterocycles. The van der Waals surface area contributed by atoms with E-state index in [1.54, 1.807) is 18.2 Å². The smallest absolute Gasteiger partial charge is 0.234 e. The molecule has 24 heavy (non-hydrogen) atoms. The number of fused-ring (bicyclic) bond motifs is 2. The molecular weight excluding hydrogens is 306 g/mol. The largest absolute Gasteiger partial charge is 0.496 e. The Morgan fingerprint density at radius 1 is 1.25 bits per heavy atom. The number of nitrogens with two attached hydrogens (primary N) is 1. The highest BCUT2D eigenvalue weighted by Gasteiger charge is 2.24. The lowest BCUT2D eigenvalue weighted by Gasteiger charge is -2.16. The number of nitrogen functional groups attached to an aromatic ring is 1. The molecule has 0 fully saturated rings. The molecule has 3 aromatic rings. The Morgan fingerprint density at radius 2 is 2.08 bits per heavy atom. The monoisotopic (exact) mass is 323 g/mol. The van der Waals surface area contributed by atoms with E-state index in [1.165, 1.54) is 7.11 Å². The van der Waals surface area contributed by atoms with E-state index in [-0.39, 0.29) is 11.5 Å². The van der Waals surface area contributed by atoms with E-state index in [0.29, 0.717) is 29.2 Å². The number of hydrogen-bond acceptors (Lipinski definition) is 5. The van der Waals surface area contributed by atoms with Crippen LogP contribution in [0.25, 0.3) is 11.0 Å². The van der Waals surface area contributed by atoms with Gasteiger partial charge in [0, 0.05) is 11.5 Å². The van der Waals surface area contributed by atoms with E-state index in [4.69, 9.17) is 19.6 Å². The average molecular weight is 323 g/mol. The van der Waals surface area contributed by atoms with Crippen LogP contribution in [-0.4, -0.2) is 19.5 Å². The molecule has 2 heterocycles. The van der Waals surface area contributed by atoms with E-state index in [2.05, 4.69) is 0 Å². The summed E-state index contributed by atoms with van der Waals surface area (Å²) in [6.07, 6.45) is 1.91. The highest BCUT2D eigenvalue weighted by molar-refractivity contribution is 6.15. The summed E-state index contributed by atoms with van der Waals surface area (Å²) in [7, 11) is 1.53. The minimum atomic E-state index is -0.292. The fourth-order valence-electron chi connectivity index (χ4n) is 3.09. The molecule has 0 saturated carbocycles. The van der Waals surface area contributed by atoms with Crippen LogP contribution in [0, 0.1) is 0 Å². The molecule has 0 bridgehead atoms. The molecular formula is C19H17NO4. The highest BCUT2D eigenvalue weighted by Crippen LogP contribution is 2.37. The average Bonchev–Trinajstić information content (AvgIpc) is 2.95. The zero-order valence-electron chi connectivity index (χ0n) is 13.3. The van der Waals surface area contributed by atoms with Crippen molar-refractivity contribution in [1.29, 1.82) is 0 Å². The van der Waals surface area contributed by atoms with Crippen molar-refractivity contribution < 1.29 is 18.7 Å². The number of methoxy groups -OCH3 is 1. The Morgan fingerprint density at radius 3 is 2.92 bits per heavy atom. The molecule has 0 radical (unpaired) electrons. The molecule has 2 N–H and O–H groups in total. The molecule has 0 aliphatic carbocycles.